The molecule has 0 radical (unpaired) electrons. The first-order chi connectivity index (χ1) is 37.0. The van der Waals surface area contributed by atoms with E-state index in [2.05, 4.69) is 52.5 Å². The van der Waals surface area contributed by atoms with Gasteiger partial charge in [-0.25, -0.2) is 9.78 Å². The molecule has 16 N–H and O–H groups in total. The van der Waals surface area contributed by atoms with Crippen LogP contribution in [-0.4, -0.2) is 151 Å². The fourth-order valence-corrected chi connectivity index (χ4v) is 8.24. The molecule has 440 valence electrons. The van der Waals surface area contributed by atoms with Crippen LogP contribution in [0.1, 0.15) is 125 Å². The van der Waals surface area contributed by atoms with Crippen molar-refractivity contribution in [3.63, 3.8) is 0 Å². The summed E-state index contributed by atoms with van der Waals surface area (Å²) in [4.78, 5) is 154. The number of carbonyl (C=O) groups is 11. The van der Waals surface area contributed by atoms with Crippen LogP contribution in [0, 0.1) is 23.7 Å². The Hall–Kier alpha value is -7.48. The lowest BCUT2D eigenvalue weighted by molar-refractivity contribution is -0.143. The van der Waals surface area contributed by atoms with Crippen LogP contribution in [0.2, 0.25) is 0 Å². The Morgan fingerprint density at radius 3 is 1.32 bits per heavy atom. The number of amides is 9. The van der Waals surface area contributed by atoms with E-state index in [-0.39, 0.29) is 68.6 Å². The molecule has 0 spiro atoms. The number of aliphatic hydroxyl groups excluding tert-OH is 1. The van der Waals surface area contributed by atoms with E-state index in [1.165, 1.54) is 12.5 Å². The van der Waals surface area contributed by atoms with Crippen molar-refractivity contribution in [3.05, 3.63) is 54.1 Å². The monoisotopic (exact) mass is 1110 g/mol. The van der Waals surface area contributed by atoms with Gasteiger partial charge >= 0.3 is 11.9 Å². The molecule has 0 saturated carbocycles. The number of aliphatic carboxylic acids is 2. The summed E-state index contributed by atoms with van der Waals surface area (Å²) in [7, 11) is 0. The molecule has 0 saturated heterocycles. The van der Waals surface area contributed by atoms with Crippen molar-refractivity contribution < 1.29 is 68.1 Å². The van der Waals surface area contributed by atoms with E-state index in [1.54, 1.807) is 71.9 Å². The fourth-order valence-electron chi connectivity index (χ4n) is 8.24. The number of hydrogen-bond donors (Lipinski definition) is 14. The van der Waals surface area contributed by atoms with Gasteiger partial charge in [0, 0.05) is 37.6 Å². The molecule has 79 heavy (non-hydrogen) atoms. The zero-order valence-corrected chi connectivity index (χ0v) is 46.6. The number of aliphatic hydroxyl groups is 1. The van der Waals surface area contributed by atoms with Crippen molar-refractivity contribution in [1.82, 2.24) is 52.5 Å². The van der Waals surface area contributed by atoms with Gasteiger partial charge in [-0.05, 0) is 74.7 Å². The van der Waals surface area contributed by atoms with Gasteiger partial charge in [0.15, 0.2) is 0 Å². The lowest BCUT2D eigenvalue weighted by Gasteiger charge is -2.29. The summed E-state index contributed by atoms with van der Waals surface area (Å²) in [6.07, 6.45) is -0.484. The van der Waals surface area contributed by atoms with Gasteiger partial charge in [0.2, 0.25) is 53.2 Å². The second-order valence-corrected chi connectivity index (χ2v) is 21.5. The van der Waals surface area contributed by atoms with E-state index in [9.17, 15) is 68.1 Å². The topological polar surface area (TPSA) is 425 Å². The lowest BCUT2D eigenvalue weighted by Crippen LogP contribution is -2.62. The van der Waals surface area contributed by atoms with Crippen molar-refractivity contribution in [2.75, 3.05) is 0 Å². The van der Waals surface area contributed by atoms with Gasteiger partial charge in [-0.3, -0.25) is 47.9 Å². The predicted octanol–water partition coefficient (Wildman–Crippen LogP) is -0.819. The number of H-pyrrole nitrogens is 1. The highest BCUT2D eigenvalue weighted by molar-refractivity contribution is 5.98. The van der Waals surface area contributed by atoms with Crippen LogP contribution in [-0.2, 0) is 65.6 Å². The highest BCUT2D eigenvalue weighted by Crippen LogP contribution is 2.14. The summed E-state index contributed by atoms with van der Waals surface area (Å²) in [6, 6.07) is -3.86. The van der Waals surface area contributed by atoms with Crippen LogP contribution in [0.15, 0.2) is 42.9 Å². The first-order valence-electron chi connectivity index (χ1n) is 26.6. The maximum absolute atomic E-state index is 14.3. The molecule has 1 aromatic heterocycles. The number of aromatic nitrogens is 2. The number of primary amides is 1. The molecule has 0 fully saturated rings. The van der Waals surface area contributed by atoms with Crippen LogP contribution in [0.3, 0.4) is 0 Å². The molecule has 0 bridgehead atoms. The number of imidazole rings is 1. The fraction of sp³-hybridized carbons (Fsp3) is 0.623. The number of nitrogens with two attached hydrogens (primary N) is 2. The SMILES string of the molecule is CC(C)C[C@H](NC(=O)[C@H](CCC(=O)O)NC(=O)[C@@H](NC(=O)[C@H](CC(C)C)NC(=O)[C@H](CCC(N)=O)NC(=O)[C@H](CC(C)C)NC(=O)[C@H](CC(C)C)NC(=O)[C@H](Cc1ccccc1)NC(=O)[C@@H](N)Cc1cnc[nH]1)[C@@H](C)O)C(=O)O. The molecule has 1 aromatic carbocycles. The van der Waals surface area contributed by atoms with Crippen LogP contribution in [0.25, 0.3) is 0 Å². The van der Waals surface area contributed by atoms with E-state index >= 15 is 0 Å². The molecular weight excluding hydrogens is 1030 g/mol. The standard InChI is InChI=1S/C53H84N12O14/c1-27(2)19-37(62-49(74)38(20-28(3)4)63-50(75)40(23-32-13-11-10-12-14-32)60-45(70)34(54)24-33-25-56-26-57-33)48(73)58-35(15-17-42(55)67)46(71)61-39(21-29(5)6)51(76)65-44(31(9)66)52(77)59-36(16-18-43(68)69)47(72)64-41(53(78)79)22-30(7)8/h10-14,25-31,34-41,44,66H,15-24,54H2,1-9H3,(H2,55,67)(H,56,57)(H,58,73)(H,59,77)(H,60,70)(H,61,71)(H,62,74)(H,63,75)(H,64,72)(H,65,76)(H,68,69)(H,78,79)/t31-,34+,35+,36+,37+,38+,39+,40+,41+,44+/m1/s1. The Morgan fingerprint density at radius 2 is 0.899 bits per heavy atom. The van der Waals surface area contributed by atoms with Gasteiger partial charge in [-0.15, -0.1) is 0 Å². The number of carbonyl (C=O) groups excluding carboxylic acids is 9. The lowest BCUT2D eigenvalue weighted by atomic mass is 9.98. The predicted molar refractivity (Wildman–Crippen MR) is 288 cm³/mol. The number of rotatable bonds is 36. The number of carboxylic acid groups (broad SMARTS) is 2. The largest absolute Gasteiger partial charge is 0.481 e. The first kappa shape index (κ1) is 67.6. The van der Waals surface area contributed by atoms with Gasteiger partial charge in [-0.1, -0.05) is 85.7 Å². The minimum absolute atomic E-state index is 0.00471. The smallest absolute Gasteiger partial charge is 0.326 e. The van der Waals surface area contributed by atoms with Crippen LogP contribution >= 0.6 is 0 Å². The molecule has 1 heterocycles. The normalized spacial score (nSPS) is 15.2. The number of nitrogens with one attached hydrogen (secondary N) is 9. The molecule has 2 rings (SSSR count). The molecule has 0 aliphatic rings. The van der Waals surface area contributed by atoms with E-state index in [4.69, 9.17) is 11.5 Å². The minimum Gasteiger partial charge on any atom is -0.481 e. The Balaban J connectivity index is 2.41. The zero-order chi connectivity index (χ0) is 59.7. The maximum atomic E-state index is 14.3. The molecule has 10 atom stereocenters. The van der Waals surface area contributed by atoms with E-state index in [1.807, 2.05) is 13.8 Å². The molecule has 9 amide bonds. The molecule has 0 aliphatic heterocycles. The molecular formula is C53H84N12O14. The number of aromatic amines is 1. The van der Waals surface area contributed by atoms with Gasteiger partial charge in [0.25, 0.3) is 0 Å². The maximum Gasteiger partial charge on any atom is 0.326 e. The van der Waals surface area contributed by atoms with E-state index in [0.717, 1.165) is 6.92 Å². The van der Waals surface area contributed by atoms with Crippen molar-refractivity contribution >= 4 is 65.1 Å². The van der Waals surface area contributed by atoms with Crippen molar-refractivity contribution in [3.8, 4) is 0 Å². The van der Waals surface area contributed by atoms with Crippen molar-refractivity contribution in [2.24, 2.45) is 35.1 Å². The van der Waals surface area contributed by atoms with Gasteiger partial charge in [0.05, 0.1) is 18.5 Å². The Labute approximate surface area is 460 Å². The summed E-state index contributed by atoms with van der Waals surface area (Å²) < 4.78 is 0. The molecule has 2 aromatic rings. The number of benzene rings is 1. The third-order valence-corrected chi connectivity index (χ3v) is 12.2. The van der Waals surface area contributed by atoms with Crippen LogP contribution in [0.5, 0.6) is 0 Å². The number of carboxylic acids is 2. The average Bonchev–Trinajstić information content (AvgIpc) is 3.87. The summed E-state index contributed by atoms with van der Waals surface area (Å²) >= 11 is 0. The molecule has 0 aliphatic carbocycles. The minimum atomic E-state index is -1.81. The summed E-state index contributed by atoms with van der Waals surface area (Å²) in [5.74, 6) is -11.6. The number of nitrogens with zero attached hydrogens (tertiary/aromatic N) is 1. The highest BCUT2D eigenvalue weighted by Gasteiger charge is 2.37. The van der Waals surface area contributed by atoms with Crippen LogP contribution < -0.4 is 54.0 Å². The van der Waals surface area contributed by atoms with E-state index in [0.29, 0.717) is 11.3 Å². The molecule has 26 heteroatoms. The third kappa shape index (κ3) is 25.7. The van der Waals surface area contributed by atoms with Crippen LogP contribution in [0.4, 0.5) is 0 Å². The van der Waals surface area contributed by atoms with Crippen molar-refractivity contribution in [2.45, 2.75) is 187 Å². The molecule has 26 nitrogen and oxygen atoms in total. The highest BCUT2D eigenvalue weighted by atomic mass is 16.4. The Kier molecular flexibility index (Phi) is 28.9. The van der Waals surface area contributed by atoms with Gasteiger partial charge in [0.1, 0.15) is 48.3 Å². The molecule has 0 unspecified atom stereocenters. The quantitative estimate of drug-likeness (QED) is 0.0396. The zero-order valence-electron chi connectivity index (χ0n) is 46.6. The Bertz CT molecular complexity index is 2350. The third-order valence-electron chi connectivity index (χ3n) is 12.2. The summed E-state index contributed by atoms with van der Waals surface area (Å²) in [6.45, 7) is 15.2. The van der Waals surface area contributed by atoms with Gasteiger partial charge < -0.3 is 74.3 Å². The Morgan fingerprint density at radius 1 is 0.506 bits per heavy atom. The summed E-state index contributed by atoms with van der Waals surface area (Å²) in [5, 5.41) is 50.0. The number of hydrogen-bond acceptors (Lipinski definition) is 14. The summed E-state index contributed by atoms with van der Waals surface area (Å²) in [5.41, 5.74) is 13.0. The second-order valence-electron chi connectivity index (χ2n) is 21.5. The van der Waals surface area contributed by atoms with E-state index < -0.39 is 145 Å². The average molecular weight is 1110 g/mol. The van der Waals surface area contributed by atoms with Gasteiger partial charge in [-0.2, -0.15) is 0 Å². The van der Waals surface area contributed by atoms with Crippen molar-refractivity contribution in [1.29, 1.82) is 0 Å². The second kappa shape index (κ2) is 33.7. The first-order valence-corrected chi connectivity index (χ1v) is 26.6.